The molecule has 3 N–H and O–H groups in total. The maximum absolute atomic E-state index is 12.8. The highest BCUT2D eigenvalue weighted by molar-refractivity contribution is 7.12. The van der Waals surface area contributed by atoms with Gasteiger partial charge in [-0.25, -0.2) is 4.98 Å². The molecular weight excluding hydrogens is 336 g/mol. The summed E-state index contributed by atoms with van der Waals surface area (Å²) in [6.07, 6.45) is 0. The summed E-state index contributed by atoms with van der Waals surface area (Å²) in [6, 6.07) is 3.90. The summed E-state index contributed by atoms with van der Waals surface area (Å²) in [5, 5.41) is 7.58. The molecule has 3 heterocycles. The molecule has 132 valence electrons. The van der Waals surface area contributed by atoms with Gasteiger partial charge in [0.2, 0.25) is 0 Å². The van der Waals surface area contributed by atoms with Gasteiger partial charge in [-0.15, -0.1) is 11.3 Å². The lowest BCUT2D eigenvalue weighted by atomic mass is 10.0. The zero-order valence-corrected chi connectivity index (χ0v) is 15.7. The molecule has 0 radical (unpaired) electrons. The van der Waals surface area contributed by atoms with Crippen molar-refractivity contribution >= 4 is 28.3 Å². The fourth-order valence-corrected chi connectivity index (χ4v) is 3.68. The Morgan fingerprint density at radius 2 is 2.12 bits per heavy atom. The molecule has 0 aliphatic heterocycles. The highest BCUT2D eigenvalue weighted by atomic mass is 32.1. The van der Waals surface area contributed by atoms with Crippen LogP contribution in [0, 0.1) is 26.7 Å². The number of fused-ring (bicyclic) bond motifs is 1. The molecule has 0 saturated carbocycles. The number of nitrogens with two attached hydrogens (primary N) is 1. The van der Waals surface area contributed by atoms with E-state index < -0.39 is 0 Å². The van der Waals surface area contributed by atoms with E-state index in [1.165, 1.54) is 4.88 Å². The maximum Gasteiger partial charge on any atom is 0.259 e. The second kappa shape index (κ2) is 6.93. The first-order valence-electron chi connectivity index (χ1n) is 8.23. The van der Waals surface area contributed by atoms with Crippen molar-refractivity contribution in [2.45, 2.75) is 27.7 Å². The van der Waals surface area contributed by atoms with Gasteiger partial charge < -0.3 is 15.6 Å². The average molecular weight is 358 g/mol. The van der Waals surface area contributed by atoms with E-state index in [0.29, 0.717) is 35.4 Å². The van der Waals surface area contributed by atoms with Gasteiger partial charge >= 0.3 is 0 Å². The molecule has 7 heteroatoms. The van der Waals surface area contributed by atoms with Crippen LogP contribution in [0.2, 0.25) is 0 Å². The van der Waals surface area contributed by atoms with E-state index in [1.807, 2.05) is 26.8 Å². The largest absolute Gasteiger partial charge is 0.352 e. The van der Waals surface area contributed by atoms with Gasteiger partial charge in [0.25, 0.3) is 11.6 Å². The van der Waals surface area contributed by atoms with Crippen LogP contribution in [-0.4, -0.2) is 29.1 Å². The zero-order chi connectivity index (χ0) is 18.1. The summed E-state index contributed by atoms with van der Waals surface area (Å²) in [5.74, 6) is 0.0518. The molecule has 0 aromatic carbocycles. The number of nitrogens with one attached hydrogen (secondary N) is 1. The molecule has 0 saturated heterocycles. The van der Waals surface area contributed by atoms with Crippen molar-refractivity contribution in [1.82, 2.24) is 15.5 Å². The highest BCUT2D eigenvalue weighted by Gasteiger charge is 2.20. The number of hydrogen-bond acceptors (Lipinski definition) is 6. The highest BCUT2D eigenvalue weighted by Crippen LogP contribution is 2.32. The average Bonchev–Trinajstić information content (AvgIpc) is 3.13. The van der Waals surface area contributed by atoms with E-state index >= 15 is 0 Å². The van der Waals surface area contributed by atoms with Crippen molar-refractivity contribution in [3.8, 4) is 11.3 Å². The first-order chi connectivity index (χ1) is 11.9. The van der Waals surface area contributed by atoms with Crippen LogP contribution in [0.25, 0.3) is 22.4 Å². The van der Waals surface area contributed by atoms with Crippen molar-refractivity contribution < 1.29 is 9.32 Å². The van der Waals surface area contributed by atoms with Gasteiger partial charge in [0, 0.05) is 21.9 Å². The van der Waals surface area contributed by atoms with Gasteiger partial charge in [-0.3, -0.25) is 4.79 Å². The third-order valence-electron chi connectivity index (χ3n) is 4.19. The van der Waals surface area contributed by atoms with E-state index in [1.54, 1.807) is 11.3 Å². The topological polar surface area (TPSA) is 94.0 Å². The third-order valence-corrected chi connectivity index (χ3v) is 5.16. The number of carbonyl (C=O) groups excluding carboxylic acids is 1. The normalized spacial score (nSPS) is 12.5. The Morgan fingerprint density at radius 3 is 2.76 bits per heavy atom. The number of aromatic nitrogens is 2. The molecule has 1 atom stereocenters. The Labute approximate surface area is 150 Å². The SMILES string of the molecule is Cc1cc(-c2cc(C(=O)NCC(C)CN)c3c(C)noc3n2)c(C)s1. The van der Waals surface area contributed by atoms with Crippen LogP contribution in [0.4, 0.5) is 0 Å². The minimum Gasteiger partial charge on any atom is -0.352 e. The first kappa shape index (κ1) is 17.6. The fraction of sp³-hybridized carbons (Fsp3) is 0.389. The Balaban J connectivity index is 2.08. The fourth-order valence-electron chi connectivity index (χ4n) is 2.74. The maximum atomic E-state index is 12.8. The molecule has 0 fully saturated rings. The van der Waals surface area contributed by atoms with Crippen LogP contribution in [0.15, 0.2) is 16.7 Å². The van der Waals surface area contributed by atoms with Crippen LogP contribution >= 0.6 is 11.3 Å². The molecule has 1 amide bonds. The summed E-state index contributed by atoms with van der Waals surface area (Å²) in [4.78, 5) is 19.7. The first-order valence-corrected chi connectivity index (χ1v) is 9.05. The molecule has 3 rings (SSSR count). The molecule has 25 heavy (non-hydrogen) atoms. The molecular formula is C18H22N4O2S. The minimum atomic E-state index is -0.162. The molecule has 6 nitrogen and oxygen atoms in total. The quantitative estimate of drug-likeness (QED) is 0.730. The smallest absolute Gasteiger partial charge is 0.259 e. The van der Waals surface area contributed by atoms with Gasteiger partial charge in [0.15, 0.2) is 0 Å². The van der Waals surface area contributed by atoms with Crippen molar-refractivity contribution in [2.24, 2.45) is 11.7 Å². The second-order valence-corrected chi connectivity index (χ2v) is 7.84. The number of pyridine rings is 1. The van der Waals surface area contributed by atoms with E-state index in [2.05, 4.69) is 28.4 Å². The molecule has 3 aromatic rings. The number of rotatable bonds is 5. The van der Waals surface area contributed by atoms with Gasteiger partial charge in [0.05, 0.1) is 22.3 Å². The Hall–Kier alpha value is -2.25. The number of carbonyl (C=O) groups is 1. The summed E-state index contributed by atoms with van der Waals surface area (Å²) in [7, 11) is 0. The predicted molar refractivity (Wildman–Crippen MR) is 99.9 cm³/mol. The molecule has 0 spiro atoms. The van der Waals surface area contributed by atoms with Crippen molar-refractivity contribution in [3.63, 3.8) is 0 Å². The second-order valence-electron chi connectivity index (χ2n) is 6.38. The predicted octanol–water partition coefficient (Wildman–Crippen LogP) is 3.20. The van der Waals surface area contributed by atoms with Crippen LogP contribution < -0.4 is 11.1 Å². The Bertz CT molecular complexity index is 929. The summed E-state index contributed by atoms with van der Waals surface area (Å²) in [6.45, 7) is 8.96. The lowest BCUT2D eigenvalue weighted by Crippen LogP contribution is -2.31. The van der Waals surface area contributed by atoms with Gasteiger partial charge in [-0.1, -0.05) is 12.1 Å². The number of hydrogen-bond donors (Lipinski definition) is 2. The van der Waals surface area contributed by atoms with Crippen molar-refractivity contribution in [2.75, 3.05) is 13.1 Å². The Morgan fingerprint density at radius 1 is 1.36 bits per heavy atom. The lowest BCUT2D eigenvalue weighted by molar-refractivity contribution is 0.0950. The summed E-state index contributed by atoms with van der Waals surface area (Å²) >= 11 is 1.71. The monoisotopic (exact) mass is 358 g/mol. The van der Waals surface area contributed by atoms with E-state index in [4.69, 9.17) is 10.3 Å². The van der Waals surface area contributed by atoms with Crippen LogP contribution in [0.1, 0.15) is 32.7 Å². The lowest BCUT2D eigenvalue weighted by Gasteiger charge is -2.11. The number of amides is 1. The van der Waals surface area contributed by atoms with E-state index in [-0.39, 0.29) is 11.8 Å². The third kappa shape index (κ3) is 3.43. The molecule has 0 bridgehead atoms. The number of nitrogens with zero attached hydrogens (tertiary/aromatic N) is 2. The van der Waals surface area contributed by atoms with Gasteiger partial charge in [-0.2, -0.15) is 0 Å². The van der Waals surface area contributed by atoms with Crippen LogP contribution in [-0.2, 0) is 0 Å². The van der Waals surface area contributed by atoms with E-state index in [9.17, 15) is 4.79 Å². The summed E-state index contributed by atoms with van der Waals surface area (Å²) in [5.41, 5.74) is 8.94. The van der Waals surface area contributed by atoms with Crippen molar-refractivity contribution in [3.05, 3.63) is 33.1 Å². The Kier molecular flexibility index (Phi) is 4.87. The number of aryl methyl sites for hydroxylation is 3. The molecule has 1 unspecified atom stereocenters. The van der Waals surface area contributed by atoms with E-state index in [0.717, 1.165) is 16.1 Å². The molecule has 0 aliphatic rings. The zero-order valence-electron chi connectivity index (χ0n) is 14.8. The van der Waals surface area contributed by atoms with Crippen molar-refractivity contribution in [1.29, 1.82) is 0 Å². The van der Waals surface area contributed by atoms with Crippen LogP contribution in [0.5, 0.6) is 0 Å². The molecule has 0 aliphatic carbocycles. The number of thiophene rings is 1. The van der Waals surface area contributed by atoms with Gasteiger partial charge in [0.1, 0.15) is 0 Å². The van der Waals surface area contributed by atoms with Gasteiger partial charge in [-0.05, 0) is 45.4 Å². The minimum absolute atomic E-state index is 0.162. The molecule has 3 aromatic heterocycles. The standard InChI is InChI=1S/C18H22N4O2S/c1-9(7-19)8-20-17(23)14-6-15(13-5-10(2)25-12(13)4)21-18-16(14)11(3)22-24-18/h5-6,9H,7-8,19H2,1-4H3,(H,20,23). The summed E-state index contributed by atoms with van der Waals surface area (Å²) < 4.78 is 5.34. The van der Waals surface area contributed by atoms with Crippen LogP contribution in [0.3, 0.4) is 0 Å².